The Morgan fingerprint density at radius 2 is 1.86 bits per heavy atom. The van der Waals surface area contributed by atoms with E-state index in [-0.39, 0.29) is 12.1 Å². The van der Waals surface area contributed by atoms with E-state index in [9.17, 15) is 4.79 Å². The van der Waals surface area contributed by atoms with Gasteiger partial charge in [-0.05, 0) is 25.0 Å². The normalized spacial score (nSPS) is 12.2. The highest BCUT2D eigenvalue weighted by Gasteiger charge is 2.14. The SMILES string of the molecule is CCCCCC(C#CC[Si](C)(C)C)OC(=O)c1ccccc1. The first-order chi connectivity index (χ1) is 10.4. The number of benzene rings is 1. The highest BCUT2D eigenvalue weighted by atomic mass is 28.3. The number of hydrogen-bond donors (Lipinski definition) is 0. The van der Waals surface area contributed by atoms with E-state index in [1.54, 1.807) is 12.1 Å². The summed E-state index contributed by atoms with van der Waals surface area (Å²) in [4.78, 5) is 12.2. The lowest BCUT2D eigenvalue weighted by atomic mass is 10.1. The Kier molecular flexibility index (Phi) is 7.98. The molecule has 0 bridgehead atoms. The van der Waals surface area contributed by atoms with Gasteiger partial charge in [-0.1, -0.05) is 63.5 Å². The van der Waals surface area contributed by atoms with Gasteiger partial charge in [0.2, 0.25) is 0 Å². The molecule has 1 rings (SSSR count). The van der Waals surface area contributed by atoms with Gasteiger partial charge in [-0.3, -0.25) is 0 Å². The van der Waals surface area contributed by atoms with Crippen molar-refractivity contribution in [2.24, 2.45) is 0 Å². The summed E-state index contributed by atoms with van der Waals surface area (Å²) in [7, 11) is -1.18. The zero-order valence-electron chi connectivity index (χ0n) is 14.3. The van der Waals surface area contributed by atoms with E-state index in [1.165, 1.54) is 0 Å². The van der Waals surface area contributed by atoms with Crippen molar-refractivity contribution in [3.05, 3.63) is 35.9 Å². The second-order valence-corrected chi connectivity index (χ2v) is 12.3. The van der Waals surface area contributed by atoms with Gasteiger partial charge < -0.3 is 4.74 Å². The third-order valence-electron chi connectivity index (χ3n) is 3.21. The maximum Gasteiger partial charge on any atom is 0.339 e. The van der Waals surface area contributed by atoms with Crippen molar-refractivity contribution in [1.82, 2.24) is 0 Å². The van der Waals surface area contributed by atoms with Crippen molar-refractivity contribution in [2.75, 3.05) is 0 Å². The smallest absolute Gasteiger partial charge is 0.339 e. The van der Waals surface area contributed by atoms with Crippen LogP contribution in [-0.4, -0.2) is 20.1 Å². The molecule has 22 heavy (non-hydrogen) atoms. The molecule has 120 valence electrons. The molecule has 0 saturated heterocycles. The van der Waals surface area contributed by atoms with E-state index in [2.05, 4.69) is 38.4 Å². The van der Waals surface area contributed by atoms with Crippen molar-refractivity contribution in [2.45, 2.75) is 64.4 Å². The fourth-order valence-electron chi connectivity index (χ4n) is 1.94. The second kappa shape index (κ2) is 9.48. The second-order valence-electron chi connectivity index (χ2n) is 6.81. The van der Waals surface area contributed by atoms with Gasteiger partial charge in [0.15, 0.2) is 6.10 Å². The molecule has 0 saturated carbocycles. The lowest BCUT2D eigenvalue weighted by Crippen LogP contribution is -2.19. The number of hydrogen-bond acceptors (Lipinski definition) is 2. The number of rotatable bonds is 7. The molecular weight excluding hydrogens is 288 g/mol. The van der Waals surface area contributed by atoms with Gasteiger partial charge in [0.1, 0.15) is 0 Å². The number of esters is 1. The van der Waals surface area contributed by atoms with E-state index in [0.29, 0.717) is 5.56 Å². The molecule has 0 N–H and O–H groups in total. The van der Waals surface area contributed by atoms with Crippen LogP contribution < -0.4 is 0 Å². The standard InChI is InChI=1S/C19H28O2Si/c1-5-6-8-14-18(15-11-16-22(2,3)4)21-19(20)17-12-9-7-10-13-17/h7,9-10,12-13,18H,5-6,8,14,16H2,1-4H3. The summed E-state index contributed by atoms with van der Waals surface area (Å²) in [6.07, 6.45) is 3.89. The van der Waals surface area contributed by atoms with E-state index >= 15 is 0 Å². The van der Waals surface area contributed by atoms with Crippen LogP contribution in [0.2, 0.25) is 25.7 Å². The maximum absolute atomic E-state index is 12.2. The average Bonchev–Trinajstić information content (AvgIpc) is 2.47. The summed E-state index contributed by atoms with van der Waals surface area (Å²) >= 11 is 0. The molecule has 0 heterocycles. The quantitative estimate of drug-likeness (QED) is 0.301. The molecule has 0 aliphatic carbocycles. The van der Waals surface area contributed by atoms with Crippen LogP contribution in [-0.2, 0) is 4.74 Å². The molecule has 1 atom stereocenters. The highest BCUT2D eigenvalue weighted by Crippen LogP contribution is 2.11. The average molecular weight is 317 g/mol. The van der Waals surface area contributed by atoms with E-state index in [1.807, 2.05) is 18.2 Å². The molecule has 1 aromatic carbocycles. The summed E-state index contributed by atoms with van der Waals surface area (Å²) in [5.41, 5.74) is 0.593. The van der Waals surface area contributed by atoms with Crippen LogP contribution in [0.15, 0.2) is 30.3 Å². The molecule has 0 aromatic heterocycles. The fraction of sp³-hybridized carbons (Fsp3) is 0.526. The molecule has 0 aliphatic heterocycles. The van der Waals surface area contributed by atoms with Crippen molar-refractivity contribution in [3.63, 3.8) is 0 Å². The topological polar surface area (TPSA) is 26.3 Å². The lowest BCUT2D eigenvalue weighted by Gasteiger charge is -2.13. The monoisotopic (exact) mass is 316 g/mol. The summed E-state index contributed by atoms with van der Waals surface area (Å²) in [6.45, 7) is 9.05. The van der Waals surface area contributed by atoms with Crippen LogP contribution in [0, 0.1) is 11.8 Å². The zero-order valence-corrected chi connectivity index (χ0v) is 15.3. The van der Waals surface area contributed by atoms with E-state index in [0.717, 1.165) is 31.7 Å². The van der Waals surface area contributed by atoms with Crippen LogP contribution in [0.5, 0.6) is 0 Å². The Hall–Kier alpha value is -1.53. The molecule has 2 nitrogen and oxygen atoms in total. The molecule has 0 amide bonds. The number of ether oxygens (including phenoxy) is 1. The van der Waals surface area contributed by atoms with Crippen molar-refractivity contribution in [1.29, 1.82) is 0 Å². The molecule has 0 fully saturated rings. The Morgan fingerprint density at radius 3 is 2.45 bits per heavy atom. The van der Waals surface area contributed by atoms with Crippen molar-refractivity contribution in [3.8, 4) is 11.8 Å². The summed E-state index contributed by atoms with van der Waals surface area (Å²) in [5.74, 6) is 6.15. The minimum absolute atomic E-state index is 0.274. The molecular formula is C19H28O2Si. The first-order valence-corrected chi connectivity index (χ1v) is 11.9. The number of unbranched alkanes of at least 4 members (excludes halogenated alkanes) is 2. The lowest BCUT2D eigenvalue weighted by molar-refractivity contribution is 0.0393. The third-order valence-corrected chi connectivity index (χ3v) is 4.45. The molecule has 0 aliphatic rings. The summed E-state index contributed by atoms with van der Waals surface area (Å²) in [6, 6.07) is 10.1. The predicted octanol–water partition coefficient (Wildman–Crippen LogP) is 5.13. The van der Waals surface area contributed by atoms with E-state index < -0.39 is 8.07 Å². The highest BCUT2D eigenvalue weighted by molar-refractivity contribution is 6.76. The molecule has 1 unspecified atom stereocenters. The molecule has 0 spiro atoms. The van der Waals surface area contributed by atoms with Gasteiger partial charge in [0.25, 0.3) is 0 Å². The summed E-state index contributed by atoms with van der Waals surface area (Å²) in [5, 5.41) is 0. The van der Waals surface area contributed by atoms with E-state index in [4.69, 9.17) is 4.74 Å². The largest absolute Gasteiger partial charge is 0.446 e. The van der Waals surface area contributed by atoms with Gasteiger partial charge in [-0.25, -0.2) is 4.79 Å². The van der Waals surface area contributed by atoms with Crippen LogP contribution >= 0.6 is 0 Å². The first-order valence-electron chi connectivity index (χ1n) is 8.17. The van der Waals surface area contributed by atoms with Gasteiger partial charge >= 0.3 is 5.97 Å². The minimum atomic E-state index is -1.18. The van der Waals surface area contributed by atoms with Crippen LogP contribution in [0.25, 0.3) is 0 Å². The minimum Gasteiger partial charge on any atom is -0.446 e. The third kappa shape index (κ3) is 8.04. The number of carbonyl (C=O) groups is 1. The molecule has 3 heteroatoms. The van der Waals surface area contributed by atoms with Crippen molar-refractivity contribution < 1.29 is 9.53 Å². The van der Waals surface area contributed by atoms with Gasteiger partial charge in [-0.2, -0.15) is 0 Å². The van der Waals surface area contributed by atoms with Crippen LogP contribution in [0.1, 0.15) is 43.0 Å². The van der Waals surface area contributed by atoms with Gasteiger partial charge in [0.05, 0.1) is 13.6 Å². The fourth-order valence-corrected chi connectivity index (χ4v) is 2.57. The molecule has 1 aromatic rings. The van der Waals surface area contributed by atoms with Crippen molar-refractivity contribution >= 4 is 14.0 Å². The first kappa shape index (κ1) is 18.5. The van der Waals surface area contributed by atoms with Gasteiger partial charge in [0, 0.05) is 6.04 Å². The zero-order chi connectivity index (χ0) is 16.4. The Labute approximate surface area is 136 Å². The Balaban J connectivity index is 2.66. The van der Waals surface area contributed by atoms with Crippen LogP contribution in [0.3, 0.4) is 0 Å². The van der Waals surface area contributed by atoms with Crippen LogP contribution in [0.4, 0.5) is 0 Å². The summed E-state index contributed by atoms with van der Waals surface area (Å²) < 4.78 is 5.60. The Bertz CT molecular complexity index is 506. The number of carbonyl (C=O) groups excluding carboxylic acids is 1. The molecule has 0 radical (unpaired) electrons. The van der Waals surface area contributed by atoms with Gasteiger partial charge in [-0.15, -0.1) is 5.92 Å². The predicted molar refractivity (Wildman–Crippen MR) is 95.7 cm³/mol. The Morgan fingerprint density at radius 1 is 1.18 bits per heavy atom. The maximum atomic E-state index is 12.2.